The highest BCUT2D eigenvalue weighted by Gasteiger charge is 2.41. The molecule has 96 valence electrons. The van der Waals surface area contributed by atoms with Gasteiger partial charge >= 0.3 is 12.0 Å². The minimum absolute atomic E-state index is 0.126. The molecule has 0 bridgehead atoms. The van der Waals surface area contributed by atoms with Crippen molar-refractivity contribution in [1.82, 2.24) is 10.6 Å². The van der Waals surface area contributed by atoms with Crippen molar-refractivity contribution in [1.29, 1.82) is 0 Å². The van der Waals surface area contributed by atoms with Gasteiger partial charge in [-0.3, -0.25) is 4.79 Å². The Kier molecular flexibility index (Phi) is 4.54. The Morgan fingerprint density at radius 3 is 2.53 bits per heavy atom. The first kappa shape index (κ1) is 13.5. The molecular formula is C12H20N2O3. The molecule has 0 aliphatic heterocycles. The molecule has 1 rings (SSSR count). The van der Waals surface area contributed by atoms with Crippen molar-refractivity contribution in [2.24, 2.45) is 5.41 Å². The summed E-state index contributed by atoms with van der Waals surface area (Å²) >= 11 is 0. The molecule has 1 aliphatic carbocycles. The van der Waals surface area contributed by atoms with Crippen LogP contribution in [0.15, 0.2) is 12.7 Å². The van der Waals surface area contributed by atoms with Gasteiger partial charge in [-0.05, 0) is 19.8 Å². The number of amides is 2. The number of hydrogen-bond acceptors (Lipinski definition) is 2. The Balaban J connectivity index is 2.45. The number of hydrogen-bond donors (Lipinski definition) is 3. The largest absolute Gasteiger partial charge is 0.481 e. The first-order valence-corrected chi connectivity index (χ1v) is 5.90. The van der Waals surface area contributed by atoms with Gasteiger partial charge in [0.15, 0.2) is 0 Å². The number of urea groups is 1. The van der Waals surface area contributed by atoms with Crippen molar-refractivity contribution < 1.29 is 14.7 Å². The van der Waals surface area contributed by atoms with E-state index < -0.39 is 11.4 Å². The topological polar surface area (TPSA) is 78.4 Å². The van der Waals surface area contributed by atoms with Crippen LogP contribution in [0.25, 0.3) is 0 Å². The number of carbonyl (C=O) groups excluding carboxylic acids is 1. The molecule has 0 spiro atoms. The van der Waals surface area contributed by atoms with Gasteiger partial charge in [0.2, 0.25) is 0 Å². The van der Waals surface area contributed by atoms with E-state index in [9.17, 15) is 14.7 Å². The molecule has 0 saturated heterocycles. The predicted molar refractivity (Wildman–Crippen MR) is 64.7 cm³/mol. The second kappa shape index (κ2) is 5.70. The minimum Gasteiger partial charge on any atom is -0.481 e. The summed E-state index contributed by atoms with van der Waals surface area (Å²) in [4.78, 5) is 22.7. The van der Waals surface area contributed by atoms with Crippen LogP contribution in [0, 0.1) is 5.41 Å². The van der Waals surface area contributed by atoms with Crippen molar-refractivity contribution in [3.05, 3.63) is 12.7 Å². The quantitative estimate of drug-likeness (QED) is 0.637. The van der Waals surface area contributed by atoms with Crippen LogP contribution in [0.5, 0.6) is 0 Å². The maximum atomic E-state index is 11.5. The second-order valence-electron chi connectivity index (χ2n) is 4.64. The summed E-state index contributed by atoms with van der Waals surface area (Å²) in [6, 6.07) is -0.468. The number of carbonyl (C=O) groups is 2. The van der Waals surface area contributed by atoms with E-state index in [1.54, 1.807) is 13.0 Å². The zero-order valence-electron chi connectivity index (χ0n) is 10.2. The number of nitrogens with one attached hydrogen (secondary N) is 2. The molecule has 0 heterocycles. The third-order valence-electron chi connectivity index (χ3n) is 3.31. The van der Waals surface area contributed by atoms with Crippen LogP contribution in [0.2, 0.25) is 0 Å². The smallest absolute Gasteiger partial charge is 0.315 e. The zero-order valence-corrected chi connectivity index (χ0v) is 10.2. The van der Waals surface area contributed by atoms with Gasteiger partial charge in [0.1, 0.15) is 0 Å². The number of rotatable bonds is 5. The lowest BCUT2D eigenvalue weighted by molar-refractivity contribution is -0.148. The van der Waals surface area contributed by atoms with Crippen LogP contribution in [0.3, 0.4) is 0 Å². The van der Waals surface area contributed by atoms with Gasteiger partial charge in [-0.25, -0.2) is 4.79 Å². The van der Waals surface area contributed by atoms with Crippen LogP contribution in [-0.4, -0.2) is 29.7 Å². The average molecular weight is 240 g/mol. The van der Waals surface area contributed by atoms with E-state index in [0.29, 0.717) is 12.8 Å². The zero-order chi connectivity index (χ0) is 12.9. The van der Waals surface area contributed by atoms with Crippen LogP contribution in [-0.2, 0) is 4.79 Å². The average Bonchev–Trinajstić information content (AvgIpc) is 2.76. The molecule has 5 heteroatoms. The third-order valence-corrected chi connectivity index (χ3v) is 3.31. The normalized spacial score (nSPS) is 19.4. The lowest BCUT2D eigenvalue weighted by atomic mass is 9.86. The van der Waals surface area contributed by atoms with E-state index in [1.165, 1.54) is 0 Å². The fraction of sp³-hybridized carbons (Fsp3) is 0.667. The van der Waals surface area contributed by atoms with Crippen molar-refractivity contribution in [3.8, 4) is 0 Å². The molecule has 1 fully saturated rings. The highest BCUT2D eigenvalue weighted by atomic mass is 16.4. The Hall–Kier alpha value is -1.52. The molecule has 0 aromatic carbocycles. The van der Waals surface area contributed by atoms with E-state index >= 15 is 0 Å². The van der Waals surface area contributed by atoms with Gasteiger partial charge in [-0.15, -0.1) is 6.58 Å². The fourth-order valence-electron chi connectivity index (χ4n) is 2.08. The molecule has 0 radical (unpaired) electrons. The SMILES string of the molecule is C=CC(C)NC(=O)NCC1(C(=O)O)CCCC1. The van der Waals surface area contributed by atoms with Crippen molar-refractivity contribution in [2.75, 3.05) is 6.54 Å². The Bertz CT molecular complexity index is 309. The molecular weight excluding hydrogens is 220 g/mol. The number of aliphatic carboxylic acids is 1. The van der Waals surface area contributed by atoms with E-state index in [1.807, 2.05) is 0 Å². The van der Waals surface area contributed by atoms with Gasteiger partial charge < -0.3 is 15.7 Å². The van der Waals surface area contributed by atoms with E-state index in [4.69, 9.17) is 0 Å². The number of carboxylic acids is 1. The molecule has 2 amide bonds. The van der Waals surface area contributed by atoms with E-state index in [-0.39, 0.29) is 18.6 Å². The maximum absolute atomic E-state index is 11.5. The summed E-state index contributed by atoms with van der Waals surface area (Å²) in [5.74, 6) is -0.813. The second-order valence-corrected chi connectivity index (χ2v) is 4.64. The summed E-state index contributed by atoms with van der Waals surface area (Å²) in [5, 5.41) is 14.5. The maximum Gasteiger partial charge on any atom is 0.315 e. The third kappa shape index (κ3) is 3.47. The monoisotopic (exact) mass is 240 g/mol. The van der Waals surface area contributed by atoms with Crippen molar-refractivity contribution in [2.45, 2.75) is 38.6 Å². The molecule has 1 atom stereocenters. The van der Waals surface area contributed by atoms with E-state index in [2.05, 4.69) is 17.2 Å². The first-order valence-electron chi connectivity index (χ1n) is 5.90. The van der Waals surface area contributed by atoms with Gasteiger partial charge in [-0.2, -0.15) is 0 Å². The Morgan fingerprint density at radius 1 is 1.47 bits per heavy atom. The number of carboxylic acid groups (broad SMARTS) is 1. The molecule has 0 aromatic heterocycles. The lowest BCUT2D eigenvalue weighted by Gasteiger charge is -2.24. The predicted octanol–water partition coefficient (Wildman–Crippen LogP) is 1.51. The summed E-state index contributed by atoms with van der Waals surface area (Å²) in [6.07, 6.45) is 4.72. The van der Waals surface area contributed by atoms with Crippen LogP contribution < -0.4 is 10.6 Å². The van der Waals surface area contributed by atoms with Gasteiger partial charge in [0, 0.05) is 12.6 Å². The van der Waals surface area contributed by atoms with Gasteiger partial charge in [0.25, 0.3) is 0 Å². The van der Waals surface area contributed by atoms with Gasteiger partial charge in [-0.1, -0.05) is 18.9 Å². The highest BCUT2D eigenvalue weighted by molar-refractivity contribution is 5.78. The lowest BCUT2D eigenvalue weighted by Crippen LogP contribution is -2.46. The summed E-state index contributed by atoms with van der Waals surface area (Å²) < 4.78 is 0. The summed E-state index contributed by atoms with van der Waals surface area (Å²) in [5.41, 5.74) is -0.769. The minimum atomic E-state index is -0.813. The highest BCUT2D eigenvalue weighted by Crippen LogP contribution is 2.37. The molecule has 1 unspecified atom stereocenters. The first-order chi connectivity index (χ1) is 8.00. The van der Waals surface area contributed by atoms with Crippen LogP contribution in [0.1, 0.15) is 32.6 Å². The molecule has 5 nitrogen and oxygen atoms in total. The summed E-state index contributed by atoms with van der Waals surface area (Å²) in [6.45, 7) is 5.55. The molecule has 3 N–H and O–H groups in total. The van der Waals surface area contributed by atoms with Gasteiger partial charge in [0.05, 0.1) is 5.41 Å². The molecule has 17 heavy (non-hydrogen) atoms. The van der Waals surface area contributed by atoms with E-state index in [0.717, 1.165) is 12.8 Å². The van der Waals surface area contributed by atoms with Crippen LogP contribution in [0.4, 0.5) is 4.79 Å². The van der Waals surface area contributed by atoms with Crippen LogP contribution >= 0.6 is 0 Å². The van der Waals surface area contributed by atoms with Crippen molar-refractivity contribution in [3.63, 3.8) is 0 Å². The fourth-order valence-corrected chi connectivity index (χ4v) is 2.08. The Morgan fingerprint density at radius 2 is 2.06 bits per heavy atom. The molecule has 1 saturated carbocycles. The Labute approximate surface area is 101 Å². The molecule has 1 aliphatic rings. The van der Waals surface area contributed by atoms with Crippen molar-refractivity contribution >= 4 is 12.0 Å². The standard InChI is InChI=1S/C12H20N2O3/c1-3-9(2)14-11(17)13-8-12(10(15)16)6-4-5-7-12/h3,9H,1,4-8H2,2H3,(H,15,16)(H2,13,14,17). The molecule has 0 aromatic rings. The summed E-state index contributed by atoms with van der Waals surface area (Å²) in [7, 11) is 0.